The van der Waals surface area contributed by atoms with E-state index in [1.807, 2.05) is 0 Å². The first-order chi connectivity index (χ1) is 9.79. The Morgan fingerprint density at radius 1 is 1.14 bits per heavy atom. The zero-order valence-electron chi connectivity index (χ0n) is 11.0. The Labute approximate surface area is 140 Å². The summed E-state index contributed by atoms with van der Waals surface area (Å²) in [6.45, 7) is 1.59. The van der Waals surface area contributed by atoms with Crippen molar-refractivity contribution in [3.8, 4) is 0 Å². The lowest BCUT2D eigenvalue weighted by Crippen LogP contribution is -2.13. The molecule has 0 spiro atoms. The first kappa shape index (κ1) is 16.5. The quantitative estimate of drug-likeness (QED) is 0.762. The highest BCUT2D eigenvalue weighted by Crippen LogP contribution is 2.28. The summed E-state index contributed by atoms with van der Waals surface area (Å²) in [5.41, 5.74) is 0.984. The molecule has 0 amide bonds. The van der Waals surface area contributed by atoms with Crippen LogP contribution in [0.5, 0.6) is 0 Å². The fourth-order valence-corrected chi connectivity index (χ4v) is 3.68. The smallest absolute Gasteiger partial charge is 0.261 e. The van der Waals surface area contributed by atoms with Gasteiger partial charge in [0.2, 0.25) is 0 Å². The molecule has 1 unspecified atom stereocenters. The first-order valence-electron chi connectivity index (χ1n) is 6.05. The summed E-state index contributed by atoms with van der Waals surface area (Å²) in [6, 6.07) is 11.4. The van der Waals surface area contributed by atoms with Crippen molar-refractivity contribution >= 4 is 47.6 Å². The maximum Gasteiger partial charge on any atom is 0.261 e. The van der Waals surface area contributed by atoms with E-state index in [-0.39, 0.29) is 4.90 Å². The maximum absolute atomic E-state index is 12.4. The summed E-state index contributed by atoms with van der Waals surface area (Å²) in [6.07, 6.45) is -0.724. The van der Waals surface area contributed by atoms with Crippen LogP contribution in [0.3, 0.4) is 0 Å². The summed E-state index contributed by atoms with van der Waals surface area (Å²) in [5.74, 6) is 0. The van der Waals surface area contributed by atoms with Crippen LogP contribution in [0, 0.1) is 0 Å². The van der Waals surface area contributed by atoms with Gasteiger partial charge < -0.3 is 5.11 Å². The van der Waals surface area contributed by atoms with Gasteiger partial charge in [-0.1, -0.05) is 28.1 Å². The van der Waals surface area contributed by atoms with Crippen LogP contribution < -0.4 is 4.72 Å². The van der Waals surface area contributed by atoms with Gasteiger partial charge in [0, 0.05) is 8.95 Å². The molecule has 0 fully saturated rings. The minimum atomic E-state index is -3.72. The highest BCUT2D eigenvalue weighted by atomic mass is 79.9. The van der Waals surface area contributed by atoms with Crippen LogP contribution >= 0.6 is 31.9 Å². The number of halogens is 2. The Morgan fingerprint density at radius 3 is 2.52 bits per heavy atom. The molecule has 2 aromatic rings. The SMILES string of the molecule is CC(O)c1cccc(S(=O)(=O)Nc2cc(Br)ccc2Br)c1. The van der Waals surface area contributed by atoms with Gasteiger partial charge in [-0.25, -0.2) is 8.42 Å². The molecule has 0 aliphatic heterocycles. The van der Waals surface area contributed by atoms with E-state index in [1.165, 1.54) is 12.1 Å². The van der Waals surface area contributed by atoms with E-state index in [1.54, 1.807) is 37.3 Å². The molecular formula is C14H13Br2NO3S. The van der Waals surface area contributed by atoms with Crippen LogP contribution in [0.4, 0.5) is 5.69 Å². The van der Waals surface area contributed by atoms with E-state index in [0.29, 0.717) is 15.7 Å². The fourth-order valence-electron chi connectivity index (χ4n) is 1.72. The molecule has 0 heterocycles. The van der Waals surface area contributed by atoms with E-state index in [2.05, 4.69) is 36.6 Å². The summed E-state index contributed by atoms with van der Waals surface area (Å²) in [5, 5.41) is 9.56. The van der Waals surface area contributed by atoms with Gasteiger partial charge in [0.15, 0.2) is 0 Å². The minimum absolute atomic E-state index is 0.104. The van der Waals surface area contributed by atoms with Crippen LogP contribution in [0.2, 0.25) is 0 Å². The second-order valence-corrected chi connectivity index (χ2v) is 7.93. The third-order valence-corrected chi connectivity index (χ3v) is 5.37. The van der Waals surface area contributed by atoms with Crippen molar-refractivity contribution in [2.75, 3.05) is 4.72 Å². The number of hydrogen-bond donors (Lipinski definition) is 2. The molecule has 1 atom stereocenters. The largest absolute Gasteiger partial charge is 0.389 e. The summed E-state index contributed by atoms with van der Waals surface area (Å²) < 4.78 is 28.8. The minimum Gasteiger partial charge on any atom is -0.389 e. The molecule has 7 heteroatoms. The van der Waals surface area contributed by atoms with Gasteiger partial charge in [0.1, 0.15) is 0 Å². The highest BCUT2D eigenvalue weighted by molar-refractivity contribution is 9.11. The number of aliphatic hydroxyl groups is 1. The average molecular weight is 435 g/mol. The van der Waals surface area contributed by atoms with Gasteiger partial charge in [-0.15, -0.1) is 0 Å². The molecule has 112 valence electrons. The Balaban J connectivity index is 2.38. The lowest BCUT2D eigenvalue weighted by atomic mass is 10.1. The number of benzene rings is 2. The molecule has 2 rings (SSSR count). The van der Waals surface area contributed by atoms with E-state index < -0.39 is 16.1 Å². The lowest BCUT2D eigenvalue weighted by molar-refractivity contribution is 0.199. The average Bonchev–Trinajstić information content (AvgIpc) is 2.43. The second-order valence-electron chi connectivity index (χ2n) is 4.48. The van der Waals surface area contributed by atoms with Crippen LogP contribution in [0.25, 0.3) is 0 Å². The van der Waals surface area contributed by atoms with Crippen molar-refractivity contribution in [1.29, 1.82) is 0 Å². The molecule has 0 saturated heterocycles. The van der Waals surface area contributed by atoms with Gasteiger partial charge in [-0.3, -0.25) is 4.72 Å². The number of sulfonamides is 1. The molecule has 0 bridgehead atoms. The van der Waals surface area contributed by atoms with Crippen LogP contribution in [-0.2, 0) is 10.0 Å². The molecule has 0 aliphatic carbocycles. The highest BCUT2D eigenvalue weighted by Gasteiger charge is 2.17. The standard InChI is InChI=1S/C14H13Br2NO3S/c1-9(18)10-3-2-4-12(7-10)21(19,20)17-14-8-11(15)5-6-13(14)16/h2-9,17-18H,1H3. The van der Waals surface area contributed by atoms with E-state index in [4.69, 9.17) is 0 Å². The van der Waals surface area contributed by atoms with Crippen molar-refractivity contribution in [3.63, 3.8) is 0 Å². The van der Waals surface area contributed by atoms with E-state index in [9.17, 15) is 13.5 Å². The van der Waals surface area contributed by atoms with Gasteiger partial charge in [-0.2, -0.15) is 0 Å². The number of rotatable bonds is 4. The predicted octanol–water partition coefficient (Wildman–Crippen LogP) is 4.07. The normalized spacial score (nSPS) is 13.0. The number of aliphatic hydroxyl groups excluding tert-OH is 1. The molecule has 0 saturated carbocycles. The Bertz CT molecular complexity index is 761. The third kappa shape index (κ3) is 4.06. The van der Waals surface area contributed by atoms with E-state index >= 15 is 0 Å². The van der Waals surface area contributed by atoms with Crippen LogP contribution in [0.15, 0.2) is 56.3 Å². The molecule has 21 heavy (non-hydrogen) atoms. The van der Waals surface area contributed by atoms with Crippen molar-refractivity contribution in [1.82, 2.24) is 0 Å². The zero-order valence-corrected chi connectivity index (χ0v) is 15.0. The van der Waals surface area contributed by atoms with Crippen molar-refractivity contribution in [3.05, 3.63) is 57.0 Å². The molecule has 0 radical (unpaired) electrons. The maximum atomic E-state index is 12.4. The predicted molar refractivity (Wildman–Crippen MR) is 89.7 cm³/mol. The fraction of sp³-hybridized carbons (Fsp3) is 0.143. The molecule has 4 nitrogen and oxygen atoms in total. The second kappa shape index (κ2) is 6.48. The Kier molecular flexibility index (Phi) is 5.08. The molecule has 2 N–H and O–H groups in total. The van der Waals surface area contributed by atoms with Crippen LogP contribution in [0.1, 0.15) is 18.6 Å². The first-order valence-corrected chi connectivity index (χ1v) is 9.12. The molecule has 0 aromatic heterocycles. The molecular weight excluding hydrogens is 422 g/mol. The van der Waals surface area contributed by atoms with Crippen LogP contribution in [-0.4, -0.2) is 13.5 Å². The topological polar surface area (TPSA) is 66.4 Å². The molecule has 2 aromatic carbocycles. The summed E-state index contributed by atoms with van der Waals surface area (Å²) >= 11 is 6.61. The zero-order chi connectivity index (χ0) is 15.6. The lowest BCUT2D eigenvalue weighted by Gasteiger charge is -2.12. The summed E-state index contributed by atoms with van der Waals surface area (Å²) in [4.78, 5) is 0.104. The molecule has 0 aliphatic rings. The van der Waals surface area contributed by atoms with Gasteiger partial charge in [-0.05, 0) is 58.7 Å². The number of anilines is 1. The van der Waals surface area contributed by atoms with Gasteiger partial charge in [0.25, 0.3) is 10.0 Å². The van der Waals surface area contributed by atoms with Crippen molar-refractivity contribution in [2.24, 2.45) is 0 Å². The van der Waals surface area contributed by atoms with E-state index in [0.717, 1.165) is 4.47 Å². The monoisotopic (exact) mass is 433 g/mol. The Hall–Kier alpha value is -0.890. The van der Waals surface area contributed by atoms with Crippen molar-refractivity contribution < 1.29 is 13.5 Å². The van der Waals surface area contributed by atoms with Gasteiger partial charge >= 0.3 is 0 Å². The number of nitrogens with one attached hydrogen (secondary N) is 1. The number of hydrogen-bond acceptors (Lipinski definition) is 3. The Morgan fingerprint density at radius 2 is 1.86 bits per heavy atom. The van der Waals surface area contributed by atoms with Gasteiger partial charge in [0.05, 0.1) is 16.7 Å². The van der Waals surface area contributed by atoms with Crippen molar-refractivity contribution in [2.45, 2.75) is 17.9 Å². The summed E-state index contributed by atoms with van der Waals surface area (Å²) in [7, 11) is -3.72. The third-order valence-electron chi connectivity index (χ3n) is 2.82.